The lowest BCUT2D eigenvalue weighted by Gasteiger charge is -2.11. The van der Waals surface area contributed by atoms with E-state index in [1.807, 2.05) is 13.8 Å². The Kier molecular flexibility index (Phi) is 3.86. The zero-order valence-corrected chi connectivity index (χ0v) is 7.14. The van der Waals surface area contributed by atoms with Gasteiger partial charge in [0.05, 0.1) is 10.8 Å². The maximum atomic E-state index is 10.1. The maximum absolute atomic E-state index is 10.1. The fourth-order valence-corrected chi connectivity index (χ4v) is 1.26. The molecule has 9 heavy (non-hydrogen) atoms. The van der Waals surface area contributed by atoms with Crippen LogP contribution in [0.1, 0.15) is 20.3 Å². The molecule has 0 aliphatic heterocycles. The van der Waals surface area contributed by atoms with E-state index in [1.54, 1.807) is 0 Å². The third-order valence-electron chi connectivity index (χ3n) is 0.934. The number of carbonyl (C=O) groups is 1. The molecule has 0 saturated carbocycles. The average molecular weight is 194 g/mol. The predicted molar refractivity (Wildman–Crippen MR) is 37.2 cm³/mol. The SMILES string of the molecule is CC(C)C[C@H](Br)C(=O)[O-]. The molecule has 3 heteroatoms. The summed E-state index contributed by atoms with van der Waals surface area (Å²) in [6.07, 6.45) is 0.627. The molecule has 0 saturated heterocycles. The third-order valence-corrected chi connectivity index (χ3v) is 1.68. The summed E-state index contributed by atoms with van der Waals surface area (Å²) in [5.74, 6) is -0.629. The van der Waals surface area contributed by atoms with Gasteiger partial charge in [-0.25, -0.2) is 0 Å². The van der Waals surface area contributed by atoms with Crippen LogP contribution in [0.5, 0.6) is 0 Å². The van der Waals surface area contributed by atoms with Gasteiger partial charge >= 0.3 is 0 Å². The summed E-state index contributed by atoms with van der Waals surface area (Å²) in [4.78, 5) is 9.59. The molecule has 0 fully saturated rings. The summed E-state index contributed by atoms with van der Waals surface area (Å²) in [7, 11) is 0. The van der Waals surface area contributed by atoms with Gasteiger partial charge in [-0.15, -0.1) is 0 Å². The van der Waals surface area contributed by atoms with Crippen LogP contribution in [0.15, 0.2) is 0 Å². The van der Waals surface area contributed by atoms with E-state index < -0.39 is 10.8 Å². The molecule has 54 valence electrons. The highest BCUT2D eigenvalue weighted by Crippen LogP contribution is 2.10. The molecule has 0 rings (SSSR count). The second kappa shape index (κ2) is 3.88. The lowest BCUT2D eigenvalue weighted by Crippen LogP contribution is -2.32. The van der Waals surface area contributed by atoms with Gasteiger partial charge in [0.15, 0.2) is 0 Å². The van der Waals surface area contributed by atoms with Crippen LogP contribution in [0.2, 0.25) is 0 Å². The van der Waals surface area contributed by atoms with Crippen LogP contribution in [0.25, 0.3) is 0 Å². The van der Waals surface area contributed by atoms with Crippen molar-refractivity contribution < 1.29 is 9.90 Å². The summed E-state index contributed by atoms with van der Waals surface area (Å²) < 4.78 is 0. The van der Waals surface area contributed by atoms with Gasteiger partial charge in [-0.05, 0) is 12.3 Å². The first-order valence-corrected chi connectivity index (χ1v) is 3.80. The largest absolute Gasteiger partial charge is 0.549 e. The summed E-state index contributed by atoms with van der Waals surface area (Å²) in [5.41, 5.74) is 0. The van der Waals surface area contributed by atoms with Crippen molar-refractivity contribution >= 4 is 21.9 Å². The van der Waals surface area contributed by atoms with Crippen molar-refractivity contribution in [2.45, 2.75) is 25.1 Å². The summed E-state index contributed by atoms with van der Waals surface area (Å²) in [6, 6.07) is 0. The molecule has 0 radical (unpaired) electrons. The molecule has 0 N–H and O–H groups in total. The molecule has 0 aromatic carbocycles. The van der Waals surface area contributed by atoms with E-state index >= 15 is 0 Å². The number of alkyl halides is 1. The van der Waals surface area contributed by atoms with E-state index in [9.17, 15) is 9.90 Å². The molecular formula is C6H10BrO2-. The van der Waals surface area contributed by atoms with Crippen molar-refractivity contribution in [3.8, 4) is 0 Å². The Balaban J connectivity index is 3.50. The Morgan fingerprint density at radius 2 is 2.11 bits per heavy atom. The highest BCUT2D eigenvalue weighted by atomic mass is 79.9. The predicted octanol–water partition coefficient (Wildman–Crippen LogP) is 0.546. The van der Waals surface area contributed by atoms with Crippen LogP contribution in [0.4, 0.5) is 0 Å². The van der Waals surface area contributed by atoms with Gasteiger partial charge in [-0.3, -0.25) is 0 Å². The fraction of sp³-hybridized carbons (Fsp3) is 0.833. The molecule has 0 heterocycles. The molecule has 0 aromatic rings. The molecule has 0 unspecified atom stereocenters. The monoisotopic (exact) mass is 193 g/mol. The smallest absolute Gasteiger partial charge is 0.0551 e. The number of halogens is 1. The molecule has 0 aliphatic rings. The van der Waals surface area contributed by atoms with Gasteiger partial charge in [0, 0.05) is 0 Å². The van der Waals surface area contributed by atoms with Gasteiger partial charge in [-0.1, -0.05) is 29.8 Å². The molecule has 0 spiro atoms. The summed E-state index contributed by atoms with van der Waals surface area (Å²) in [5, 5.41) is 10.1. The number of carboxylic acid groups (broad SMARTS) is 1. The Morgan fingerprint density at radius 1 is 1.67 bits per heavy atom. The quantitative estimate of drug-likeness (QED) is 0.615. The Morgan fingerprint density at radius 3 is 2.22 bits per heavy atom. The Hall–Kier alpha value is -0.0500. The molecule has 0 aromatic heterocycles. The number of hydrogen-bond acceptors (Lipinski definition) is 2. The van der Waals surface area contributed by atoms with E-state index in [1.165, 1.54) is 0 Å². The van der Waals surface area contributed by atoms with E-state index in [2.05, 4.69) is 15.9 Å². The molecule has 0 aliphatic carbocycles. The van der Waals surface area contributed by atoms with Crippen molar-refractivity contribution in [1.82, 2.24) is 0 Å². The first kappa shape index (κ1) is 8.95. The topological polar surface area (TPSA) is 40.1 Å². The average Bonchev–Trinajstić information content (AvgIpc) is 1.63. The van der Waals surface area contributed by atoms with E-state index in [0.29, 0.717) is 12.3 Å². The number of hydrogen-bond donors (Lipinski definition) is 0. The van der Waals surface area contributed by atoms with Crippen LogP contribution in [0.3, 0.4) is 0 Å². The number of carboxylic acids is 1. The first-order valence-electron chi connectivity index (χ1n) is 2.89. The van der Waals surface area contributed by atoms with Gasteiger partial charge in [0.1, 0.15) is 0 Å². The minimum Gasteiger partial charge on any atom is -0.549 e. The second-order valence-electron chi connectivity index (χ2n) is 2.42. The van der Waals surface area contributed by atoms with Crippen LogP contribution in [-0.4, -0.2) is 10.8 Å². The minimum atomic E-state index is -1.02. The standard InChI is InChI=1S/C6H11BrO2/c1-4(2)3-5(7)6(8)9/h4-5H,3H2,1-2H3,(H,8,9)/p-1/t5-/m0/s1. The number of rotatable bonds is 3. The summed E-state index contributed by atoms with van der Waals surface area (Å²) >= 11 is 2.98. The molecule has 0 amide bonds. The second-order valence-corrected chi connectivity index (χ2v) is 3.52. The van der Waals surface area contributed by atoms with Crippen molar-refractivity contribution in [3.05, 3.63) is 0 Å². The van der Waals surface area contributed by atoms with Gasteiger partial charge in [-0.2, -0.15) is 0 Å². The van der Waals surface area contributed by atoms with Crippen molar-refractivity contribution in [2.24, 2.45) is 5.92 Å². The third kappa shape index (κ3) is 4.45. The van der Waals surface area contributed by atoms with Crippen molar-refractivity contribution in [3.63, 3.8) is 0 Å². The summed E-state index contributed by atoms with van der Waals surface area (Å²) in [6.45, 7) is 3.94. The highest BCUT2D eigenvalue weighted by molar-refractivity contribution is 9.10. The van der Waals surface area contributed by atoms with Gasteiger partial charge in [0.2, 0.25) is 0 Å². The van der Waals surface area contributed by atoms with Gasteiger partial charge < -0.3 is 9.90 Å². The Bertz CT molecular complexity index is 101. The fourth-order valence-electron chi connectivity index (χ4n) is 0.510. The molecule has 2 nitrogen and oxygen atoms in total. The molecule has 1 atom stereocenters. The van der Waals surface area contributed by atoms with E-state index in [4.69, 9.17) is 0 Å². The number of carbonyl (C=O) groups excluding carboxylic acids is 1. The van der Waals surface area contributed by atoms with Crippen molar-refractivity contribution in [2.75, 3.05) is 0 Å². The zero-order valence-electron chi connectivity index (χ0n) is 5.56. The highest BCUT2D eigenvalue weighted by Gasteiger charge is 2.06. The van der Waals surface area contributed by atoms with Crippen LogP contribution in [-0.2, 0) is 4.79 Å². The lowest BCUT2D eigenvalue weighted by atomic mass is 10.1. The minimum absolute atomic E-state index is 0.396. The van der Waals surface area contributed by atoms with E-state index in [-0.39, 0.29) is 0 Å². The van der Waals surface area contributed by atoms with Gasteiger partial charge in [0.25, 0.3) is 0 Å². The van der Waals surface area contributed by atoms with Crippen LogP contribution in [0, 0.1) is 5.92 Å². The zero-order chi connectivity index (χ0) is 7.44. The molecular weight excluding hydrogens is 184 g/mol. The normalized spacial score (nSPS) is 13.8. The Labute approximate surface area is 63.4 Å². The first-order chi connectivity index (χ1) is 4.04. The van der Waals surface area contributed by atoms with Crippen LogP contribution >= 0.6 is 15.9 Å². The van der Waals surface area contributed by atoms with E-state index in [0.717, 1.165) is 0 Å². The number of aliphatic carboxylic acids is 1. The van der Waals surface area contributed by atoms with Crippen molar-refractivity contribution in [1.29, 1.82) is 0 Å². The van der Waals surface area contributed by atoms with Crippen LogP contribution < -0.4 is 5.11 Å². The maximum Gasteiger partial charge on any atom is 0.0551 e. The lowest BCUT2D eigenvalue weighted by molar-refractivity contribution is -0.304. The molecule has 0 bridgehead atoms.